The third-order valence-electron chi connectivity index (χ3n) is 4.39. The number of ether oxygens (including phenoxy) is 1. The molecule has 0 aliphatic carbocycles. The maximum atomic E-state index is 12.7. The minimum absolute atomic E-state index is 0.0472. The van der Waals surface area contributed by atoms with Crippen LogP contribution in [0.1, 0.15) is 37.6 Å². The van der Waals surface area contributed by atoms with E-state index in [-0.39, 0.29) is 17.4 Å². The molecule has 1 atom stereocenters. The van der Waals surface area contributed by atoms with Crippen LogP contribution in [-0.2, 0) is 14.3 Å². The van der Waals surface area contributed by atoms with Crippen LogP contribution in [0, 0.1) is 0 Å². The van der Waals surface area contributed by atoms with Crippen LogP contribution in [0.2, 0.25) is 0 Å². The summed E-state index contributed by atoms with van der Waals surface area (Å²) < 4.78 is 11.0. The standard InChI is InChI=1S/C21H23NO5/c1-14(2)26-13-7-11-22-18(16-10-6-12-27-16)17(20(24)21(22)25)19(23)15-8-4-3-5-9-15/h3-6,8-10,12,14,18,23H,7,11,13H2,1-2H3/t18-/m0/s1. The molecule has 1 saturated heterocycles. The van der Waals surface area contributed by atoms with Crippen molar-refractivity contribution in [2.45, 2.75) is 32.4 Å². The third-order valence-corrected chi connectivity index (χ3v) is 4.39. The van der Waals surface area contributed by atoms with Crippen LogP contribution in [0.15, 0.2) is 58.7 Å². The van der Waals surface area contributed by atoms with Crippen molar-refractivity contribution in [1.82, 2.24) is 4.90 Å². The van der Waals surface area contributed by atoms with Crippen molar-refractivity contribution in [3.05, 3.63) is 65.6 Å². The average Bonchev–Trinajstić information content (AvgIpc) is 3.27. The molecule has 0 saturated carbocycles. The summed E-state index contributed by atoms with van der Waals surface area (Å²) in [7, 11) is 0. The van der Waals surface area contributed by atoms with Crippen molar-refractivity contribution in [1.29, 1.82) is 0 Å². The Balaban J connectivity index is 1.95. The first-order valence-electron chi connectivity index (χ1n) is 8.99. The largest absolute Gasteiger partial charge is 0.507 e. The average molecular weight is 369 g/mol. The van der Waals surface area contributed by atoms with E-state index in [9.17, 15) is 14.7 Å². The fraction of sp³-hybridized carbons (Fsp3) is 0.333. The number of likely N-dealkylation sites (tertiary alicyclic amines) is 1. The normalized spacial score (nSPS) is 19.2. The molecule has 142 valence electrons. The number of carbonyl (C=O) groups excluding carboxylic acids is 2. The predicted molar refractivity (Wildman–Crippen MR) is 99.9 cm³/mol. The summed E-state index contributed by atoms with van der Waals surface area (Å²) in [5.74, 6) is -1.10. The van der Waals surface area contributed by atoms with Gasteiger partial charge >= 0.3 is 0 Å². The van der Waals surface area contributed by atoms with Crippen molar-refractivity contribution in [3.63, 3.8) is 0 Å². The van der Waals surface area contributed by atoms with E-state index in [4.69, 9.17) is 9.15 Å². The van der Waals surface area contributed by atoms with Crippen molar-refractivity contribution < 1.29 is 23.8 Å². The molecule has 27 heavy (non-hydrogen) atoms. The molecule has 0 radical (unpaired) electrons. The lowest BCUT2D eigenvalue weighted by atomic mass is 9.99. The van der Waals surface area contributed by atoms with Crippen LogP contribution in [0.5, 0.6) is 0 Å². The number of aliphatic hydroxyl groups excluding tert-OH is 1. The first kappa shape index (κ1) is 18.9. The molecule has 1 amide bonds. The predicted octanol–water partition coefficient (Wildman–Crippen LogP) is 3.52. The molecule has 2 aromatic rings. The van der Waals surface area contributed by atoms with Gasteiger partial charge in [0, 0.05) is 18.7 Å². The zero-order valence-corrected chi connectivity index (χ0v) is 15.4. The molecule has 6 nitrogen and oxygen atoms in total. The van der Waals surface area contributed by atoms with Gasteiger partial charge in [0.05, 0.1) is 17.9 Å². The molecule has 6 heteroatoms. The Kier molecular flexibility index (Phi) is 5.76. The highest BCUT2D eigenvalue weighted by molar-refractivity contribution is 6.46. The Hall–Kier alpha value is -2.86. The van der Waals surface area contributed by atoms with Crippen molar-refractivity contribution >= 4 is 17.4 Å². The Morgan fingerprint density at radius 2 is 1.93 bits per heavy atom. The van der Waals surface area contributed by atoms with Gasteiger partial charge in [-0.2, -0.15) is 0 Å². The first-order chi connectivity index (χ1) is 13.0. The monoisotopic (exact) mass is 369 g/mol. The van der Waals surface area contributed by atoms with Gasteiger partial charge in [0.1, 0.15) is 17.6 Å². The Bertz CT molecular complexity index is 824. The molecule has 1 N–H and O–H groups in total. The summed E-state index contributed by atoms with van der Waals surface area (Å²) in [5.41, 5.74) is 0.529. The highest BCUT2D eigenvalue weighted by atomic mass is 16.5. The zero-order chi connectivity index (χ0) is 19.4. The summed E-state index contributed by atoms with van der Waals surface area (Å²) in [6, 6.07) is 11.4. The maximum Gasteiger partial charge on any atom is 0.295 e. The van der Waals surface area contributed by atoms with Crippen LogP contribution < -0.4 is 0 Å². The van der Waals surface area contributed by atoms with Gasteiger partial charge in [0.15, 0.2) is 0 Å². The molecular formula is C21H23NO5. The van der Waals surface area contributed by atoms with Gasteiger partial charge in [0.2, 0.25) is 0 Å². The molecule has 1 aliphatic heterocycles. The minimum Gasteiger partial charge on any atom is -0.507 e. The molecule has 0 spiro atoms. The quantitative estimate of drug-likeness (QED) is 0.350. The summed E-state index contributed by atoms with van der Waals surface area (Å²) in [6.45, 7) is 4.68. The molecule has 1 aliphatic rings. The number of rotatable bonds is 7. The number of furan rings is 1. The summed E-state index contributed by atoms with van der Waals surface area (Å²) in [5, 5.41) is 10.8. The van der Waals surface area contributed by atoms with Crippen molar-refractivity contribution in [3.8, 4) is 0 Å². The van der Waals surface area contributed by atoms with E-state index in [0.717, 1.165) is 0 Å². The summed E-state index contributed by atoms with van der Waals surface area (Å²) >= 11 is 0. The summed E-state index contributed by atoms with van der Waals surface area (Å²) in [4.78, 5) is 26.8. The number of benzene rings is 1. The van der Waals surface area contributed by atoms with E-state index in [1.165, 1.54) is 11.2 Å². The number of amides is 1. The van der Waals surface area contributed by atoms with Gasteiger partial charge in [-0.05, 0) is 32.4 Å². The van der Waals surface area contributed by atoms with E-state index < -0.39 is 17.7 Å². The number of Topliss-reactive ketones (excluding diaryl/α,β-unsaturated/α-hetero) is 1. The van der Waals surface area contributed by atoms with E-state index in [2.05, 4.69) is 0 Å². The number of hydrogen-bond donors (Lipinski definition) is 1. The van der Waals surface area contributed by atoms with E-state index in [1.807, 2.05) is 19.9 Å². The van der Waals surface area contributed by atoms with Gasteiger partial charge in [-0.3, -0.25) is 9.59 Å². The Morgan fingerprint density at radius 1 is 1.19 bits per heavy atom. The van der Waals surface area contributed by atoms with Gasteiger partial charge in [-0.25, -0.2) is 0 Å². The van der Waals surface area contributed by atoms with Gasteiger partial charge < -0.3 is 19.2 Å². The molecule has 1 aromatic carbocycles. The molecule has 1 fully saturated rings. The van der Waals surface area contributed by atoms with Gasteiger partial charge in [0.25, 0.3) is 11.7 Å². The van der Waals surface area contributed by atoms with Crippen LogP contribution >= 0.6 is 0 Å². The zero-order valence-electron chi connectivity index (χ0n) is 15.4. The number of carbonyl (C=O) groups is 2. The lowest BCUT2D eigenvalue weighted by Gasteiger charge is -2.23. The maximum absolute atomic E-state index is 12.7. The Labute approximate surface area is 158 Å². The minimum atomic E-state index is -0.751. The highest BCUT2D eigenvalue weighted by Gasteiger charge is 2.47. The van der Waals surface area contributed by atoms with Crippen molar-refractivity contribution in [2.75, 3.05) is 13.2 Å². The Morgan fingerprint density at radius 3 is 2.56 bits per heavy atom. The highest BCUT2D eigenvalue weighted by Crippen LogP contribution is 2.39. The molecule has 2 heterocycles. The SMILES string of the molecule is CC(C)OCCCN1C(=O)C(=O)C(=C(O)c2ccccc2)[C@@H]1c1ccco1. The van der Waals surface area contributed by atoms with Gasteiger partial charge in [-0.1, -0.05) is 30.3 Å². The second-order valence-electron chi connectivity index (χ2n) is 6.65. The second kappa shape index (κ2) is 8.22. The third kappa shape index (κ3) is 3.95. The molecule has 1 aromatic heterocycles. The van der Waals surface area contributed by atoms with E-state index in [1.54, 1.807) is 36.4 Å². The van der Waals surface area contributed by atoms with Gasteiger partial charge in [-0.15, -0.1) is 0 Å². The van der Waals surface area contributed by atoms with Crippen LogP contribution in [0.4, 0.5) is 0 Å². The molecular weight excluding hydrogens is 346 g/mol. The number of aliphatic hydroxyl groups is 1. The number of ketones is 1. The fourth-order valence-corrected chi connectivity index (χ4v) is 3.16. The first-order valence-corrected chi connectivity index (χ1v) is 8.99. The van der Waals surface area contributed by atoms with Crippen molar-refractivity contribution in [2.24, 2.45) is 0 Å². The molecule has 0 bridgehead atoms. The lowest BCUT2D eigenvalue weighted by Crippen LogP contribution is -2.31. The number of nitrogens with zero attached hydrogens (tertiary/aromatic N) is 1. The number of hydrogen-bond acceptors (Lipinski definition) is 5. The second-order valence-corrected chi connectivity index (χ2v) is 6.65. The smallest absolute Gasteiger partial charge is 0.295 e. The lowest BCUT2D eigenvalue weighted by molar-refractivity contribution is -0.140. The fourth-order valence-electron chi connectivity index (χ4n) is 3.16. The summed E-state index contributed by atoms with van der Waals surface area (Å²) in [6.07, 6.45) is 2.16. The van der Waals surface area contributed by atoms with E-state index >= 15 is 0 Å². The van der Waals surface area contributed by atoms with Crippen LogP contribution in [0.25, 0.3) is 5.76 Å². The van der Waals surface area contributed by atoms with Crippen LogP contribution in [-0.4, -0.2) is 41.0 Å². The molecule has 3 rings (SSSR count). The van der Waals surface area contributed by atoms with Crippen LogP contribution in [0.3, 0.4) is 0 Å². The van der Waals surface area contributed by atoms with E-state index in [0.29, 0.717) is 30.9 Å². The molecule has 0 unspecified atom stereocenters. The topological polar surface area (TPSA) is 80.0 Å².